The fraction of sp³-hybridized carbons (Fsp3) is 0.125. The molecule has 1 aromatic carbocycles. The minimum absolute atomic E-state index is 0.0456. The number of halogens is 2. The van der Waals surface area contributed by atoms with Crippen LogP contribution in [-0.4, -0.2) is 10.9 Å². The summed E-state index contributed by atoms with van der Waals surface area (Å²) in [6, 6.07) is 3.18. The number of rotatable bonds is 1. The van der Waals surface area contributed by atoms with Crippen LogP contribution in [0.5, 0.6) is 5.75 Å². The highest BCUT2D eigenvalue weighted by Crippen LogP contribution is 2.30. The summed E-state index contributed by atoms with van der Waals surface area (Å²) in [5.41, 5.74) is 0.528. The van der Waals surface area contributed by atoms with E-state index in [4.69, 9.17) is 0 Å². The summed E-state index contributed by atoms with van der Waals surface area (Å²) in [4.78, 5) is 10.9. The summed E-state index contributed by atoms with van der Waals surface area (Å²) >= 11 is 5.24. The SMILES string of the molecule is CC(=O)c1cc(O)c(Br)c(I)c1. The van der Waals surface area contributed by atoms with Gasteiger partial charge in [0, 0.05) is 9.13 Å². The van der Waals surface area contributed by atoms with Gasteiger partial charge in [0.15, 0.2) is 5.78 Å². The van der Waals surface area contributed by atoms with Crippen molar-refractivity contribution >= 4 is 44.3 Å². The Morgan fingerprint density at radius 1 is 1.58 bits per heavy atom. The van der Waals surface area contributed by atoms with Crippen LogP contribution in [0.25, 0.3) is 0 Å². The minimum atomic E-state index is -0.0456. The highest BCUT2D eigenvalue weighted by atomic mass is 127. The number of carbonyl (C=O) groups is 1. The van der Waals surface area contributed by atoms with Crippen molar-refractivity contribution in [2.24, 2.45) is 0 Å². The van der Waals surface area contributed by atoms with Gasteiger partial charge in [0.25, 0.3) is 0 Å². The molecule has 0 aromatic heterocycles. The zero-order valence-corrected chi connectivity index (χ0v) is 10.0. The second-order valence-corrected chi connectivity index (χ2v) is 4.30. The smallest absolute Gasteiger partial charge is 0.159 e. The second kappa shape index (κ2) is 3.74. The van der Waals surface area contributed by atoms with E-state index < -0.39 is 0 Å². The van der Waals surface area contributed by atoms with Crippen molar-refractivity contribution in [2.45, 2.75) is 6.92 Å². The molecule has 4 heteroatoms. The molecule has 0 atom stereocenters. The van der Waals surface area contributed by atoms with Crippen molar-refractivity contribution in [1.82, 2.24) is 0 Å². The van der Waals surface area contributed by atoms with Crippen LogP contribution in [0.4, 0.5) is 0 Å². The van der Waals surface area contributed by atoms with E-state index in [1.165, 1.54) is 13.0 Å². The van der Waals surface area contributed by atoms with Gasteiger partial charge in [-0.2, -0.15) is 0 Å². The fourth-order valence-corrected chi connectivity index (χ4v) is 1.62. The van der Waals surface area contributed by atoms with E-state index >= 15 is 0 Å². The Hall–Kier alpha value is -0.100. The first kappa shape index (κ1) is 9.98. The number of aromatic hydroxyl groups is 1. The minimum Gasteiger partial charge on any atom is -0.507 e. The highest BCUT2D eigenvalue weighted by Gasteiger charge is 2.07. The van der Waals surface area contributed by atoms with Crippen molar-refractivity contribution in [1.29, 1.82) is 0 Å². The van der Waals surface area contributed by atoms with Gasteiger partial charge in [-0.05, 0) is 57.6 Å². The van der Waals surface area contributed by atoms with Gasteiger partial charge in [0.05, 0.1) is 4.47 Å². The van der Waals surface area contributed by atoms with Crippen molar-refractivity contribution in [2.75, 3.05) is 0 Å². The first-order valence-electron chi connectivity index (χ1n) is 3.21. The van der Waals surface area contributed by atoms with Gasteiger partial charge in [-0.25, -0.2) is 0 Å². The lowest BCUT2D eigenvalue weighted by Gasteiger charge is -2.02. The van der Waals surface area contributed by atoms with E-state index in [1.54, 1.807) is 6.07 Å². The van der Waals surface area contributed by atoms with E-state index in [9.17, 15) is 9.90 Å². The molecule has 0 heterocycles. The van der Waals surface area contributed by atoms with E-state index in [1.807, 2.05) is 22.6 Å². The van der Waals surface area contributed by atoms with Crippen LogP contribution in [0.2, 0.25) is 0 Å². The Morgan fingerprint density at radius 2 is 2.17 bits per heavy atom. The number of carbonyl (C=O) groups excluding carboxylic acids is 1. The third-order valence-corrected chi connectivity index (χ3v) is 3.84. The normalized spacial score (nSPS) is 9.92. The molecule has 0 radical (unpaired) electrons. The molecule has 1 rings (SSSR count). The van der Waals surface area contributed by atoms with Crippen LogP contribution in [0, 0.1) is 3.57 Å². The van der Waals surface area contributed by atoms with Gasteiger partial charge in [-0.1, -0.05) is 0 Å². The lowest BCUT2D eigenvalue weighted by Crippen LogP contribution is -1.92. The predicted molar refractivity (Wildman–Crippen MR) is 58.5 cm³/mol. The van der Waals surface area contributed by atoms with Gasteiger partial charge in [-0.15, -0.1) is 0 Å². The van der Waals surface area contributed by atoms with Gasteiger partial charge in [0.2, 0.25) is 0 Å². The number of phenolic OH excluding ortho intramolecular Hbond substituents is 1. The van der Waals surface area contributed by atoms with E-state index in [-0.39, 0.29) is 11.5 Å². The molecular formula is C8H6BrIO2. The van der Waals surface area contributed by atoms with E-state index in [0.29, 0.717) is 10.0 Å². The van der Waals surface area contributed by atoms with Crippen LogP contribution < -0.4 is 0 Å². The molecule has 12 heavy (non-hydrogen) atoms. The quantitative estimate of drug-likeness (QED) is 0.630. The molecular weight excluding hydrogens is 335 g/mol. The molecule has 0 spiro atoms. The van der Waals surface area contributed by atoms with E-state index in [2.05, 4.69) is 15.9 Å². The molecule has 64 valence electrons. The second-order valence-electron chi connectivity index (χ2n) is 2.35. The van der Waals surface area contributed by atoms with Crippen LogP contribution >= 0.6 is 38.5 Å². The van der Waals surface area contributed by atoms with E-state index in [0.717, 1.165) is 3.57 Å². The molecule has 0 aliphatic rings. The maximum Gasteiger partial charge on any atom is 0.159 e. The molecule has 2 nitrogen and oxygen atoms in total. The van der Waals surface area contributed by atoms with Crippen LogP contribution in [-0.2, 0) is 0 Å². The Labute approximate surface area is 92.2 Å². The van der Waals surface area contributed by atoms with Crippen LogP contribution in [0.3, 0.4) is 0 Å². The Morgan fingerprint density at radius 3 is 2.58 bits per heavy atom. The average molecular weight is 341 g/mol. The van der Waals surface area contributed by atoms with Gasteiger partial charge in [-0.3, -0.25) is 4.79 Å². The lowest BCUT2D eigenvalue weighted by atomic mass is 10.1. The third-order valence-electron chi connectivity index (χ3n) is 1.42. The molecule has 0 saturated heterocycles. The van der Waals surface area contributed by atoms with Crippen LogP contribution in [0.15, 0.2) is 16.6 Å². The molecule has 0 unspecified atom stereocenters. The summed E-state index contributed by atoms with van der Waals surface area (Å²) in [6.07, 6.45) is 0. The molecule has 0 amide bonds. The zero-order valence-electron chi connectivity index (χ0n) is 6.27. The average Bonchev–Trinajstić information content (AvgIpc) is 1.99. The molecule has 1 aromatic rings. The van der Waals surface area contributed by atoms with Crippen molar-refractivity contribution in [3.8, 4) is 5.75 Å². The van der Waals surface area contributed by atoms with Gasteiger partial charge in [0.1, 0.15) is 5.75 Å². The van der Waals surface area contributed by atoms with Gasteiger partial charge < -0.3 is 5.11 Å². The highest BCUT2D eigenvalue weighted by molar-refractivity contribution is 14.1. The number of hydrogen-bond acceptors (Lipinski definition) is 2. The number of hydrogen-bond donors (Lipinski definition) is 1. The number of benzene rings is 1. The summed E-state index contributed by atoms with van der Waals surface area (Å²) in [6.45, 7) is 1.47. The maximum absolute atomic E-state index is 10.9. The molecule has 0 aliphatic heterocycles. The first-order valence-corrected chi connectivity index (χ1v) is 5.08. The first-order chi connectivity index (χ1) is 5.52. The van der Waals surface area contributed by atoms with Gasteiger partial charge >= 0.3 is 0 Å². The zero-order chi connectivity index (χ0) is 9.30. The Balaban J connectivity index is 3.31. The summed E-state index contributed by atoms with van der Waals surface area (Å²) in [5.74, 6) is 0.0582. The largest absolute Gasteiger partial charge is 0.507 e. The summed E-state index contributed by atoms with van der Waals surface area (Å²) < 4.78 is 1.46. The monoisotopic (exact) mass is 340 g/mol. The molecule has 0 aliphatic carbocycles. The molecule has 0 bridgehead atoms. The molecule has 0 fully saturated rings. The van der Waals surface area contributed by atoms with Crippen molar-refractivity contribution < 1.29 is 9.90 Å². The van der Waals surface area contributed by atoms with Crippen molar-refractivity contribution in [3.05, 3.63) is 25.7 Å². The molecule has 0 saturated carbocycles. The Kier molecular flexibility index (Phi) is 3.11. The number of phenols is 1. The number of ketones is 1. The maximum atomic E-state index is 10.9. The Bertz CT molecular complexity index is 313. The fourth-order valence-electron chi connectivity index (χ4n) is 0.778. The summed E-state index contributed by atoms with van der Waals surface area (Å²) in [5, 5.41) is 9.33. The van der Waals surface area contributed by atoms with Crippen molar-refractivity contribution in [3.63, 3.8) is 0 Å². The van der Waals surface area contributed by atoms with Crippen LogP contribution in [0.1, 0.15) is 17.3 Å². The lowest BCUT2D eigenvalue weighted by molar-refractivity contribution is 0.101. The topological polar surface area (TPSA) is 37.3 Å². The standard InChI is InChI=1S/C8H6BrIO2/c1-4(11)5-2-6(10)8(9)7(12)3-5/h2-3,12H,1H3. The predicted octanol–water partition coefficient (Wildman–Crippen LogP) is 2.96. The third kappa shape index (κ3) is 1.98. The number of Topliss-reactive ketones (excluding diaryl/α,β-unsaturated/α-hetero) is 1. The molecule has 1 N–H and O–H groups in total. The summed E-state index contributed by atoms with van der Waals surface area (Å²) in [7, 11) is 0.